The summed E-state index contributed by atoms with van der Waals surface area (Å²) in [6.45, 7) is 1.86. The largest absolute Gasteiger partial charge is 0.468 e. The van der Waals surface area contributed by atoms with Crippen molar-refractivity contribution in [2.24, 2.45) is 0 Å². The summed E-state index contributed by atoms with van der Waals surface area (Å²) in [7, 11) is 0. The molecule has 1 heterocycles. The Kier molecular flexibility index (Phi) is 4.93. The monoisotopic (exact) mass is 295 g/mol. The molecule has 19 heavy (non-hydrogen) atoms. The Morgan fingerprint density at radius 3 is 2.84 bits per heavy atom. The van der Waals surface area contributed by atoms with Gasteiger partial charge < -0.3 is 9.73 Å². The summed E-state index contributed by atoms with van der Waals surface area (Å²) in [5, 5.41) is 3.18. The molecular weight excluding hydrogens is 282 g/mol. The third kappa shape index (κ3) is 4.04. The molecular formula is C14H14ClNO2S. The van der Waals surface area contributed by atoms with Crippen LogP contribution in [-0.4, -0.2) is 11.2 Å². The maximum absolute atomic E-state index is 12.0. The molecule has 100 valence electrons. The zero-order valence-electron chi connectivity index (χ0n) is 10.4. The second-order valence-corrected chi connectivity index (χ2v) is 5.74. The van der Waals surface area contributed by atoms with Gasteiger partial charge >= 0.3 is 0 Å². The van der Waals surface area contributed by atoms with E-state index >= 15 is 0 Å². The van der Waals surface area contributed by atoms with Crippen LogP contribution in [0.4, 0.5) is 5.69 Å². The molecule has 5 heteroatoms. The molecule has 0 saturated heterocycles. The van der Waals surface area contributed by atoms with Crippen molar-refractivity contribution in [3.05, 3.63) is 53.4 Å². The maximum Gasteiger partial charge on any atom is 0.237 e. The Hall–Kier alpha value is -1.39. The van der Waals surface area contributed by atoms with Gasteiger partial charge in [-0.15, -0.1) is 11.8 Å². The third-order valence-electron chi connectivity index (χ3n) is 2.56. The summed E-state index contributed by atoms with van der Waals surface area (Å²) in [6, 6.07) is 10.9. The van der Waals surface area contributed by atoms with Crippen LogP contribution in [0.2, 0.25) is 5.02 Å². The van der Waals surface area contributed by atoms with Gasteiger partial charge in [-0.25, -0.2) is 0 Å². The van der Waals surface area contributed by atoms with Crippen LogP contribution < -0.4 is 5.32 Å². The lowest BCUT2D eigenvalue weighted by Crippen LogP contribution is -2.22. The Morgan fingerprint density at radius 1 is 1.37 bits per heavy atom. The van der Waals surface area contributed by atoms with Gasteiger partial charge in [-0.1, -0.05) is 23.7 Å². The standard InChI is InChI=1S/C14H14ClNO2S/c1-10(19-9-11-5-4-8-18-11)14(17)16-13-7-3-2-6-12(13)15/h2-8,10H,9H2,1H3,(H,16,17). The zero-order chi connectivity index (χ0) is 13.7. The number of amides is 1. The third-order valence-corrected chi connectivity index (χ3v) is 4.05. The van der Waals surface area contributed by atoms with Gasteiger partial charge in [0.2, 0.25) is 5.91 Å². The number of carbonyl (C=O) groups excluding carboxylic acids is 1. The fraction of sp³-hybridized carbons (Fsp3) is 0.214. The van der Waals surface area contributed by atoms with Crippen LogP contribution in [0.5, 0.6) is 0 Å². The molecule has 1 aromatic carbocycles. The smallest absolute Gasteiger partial charge is 0.237 e. The topological polar surface area (TPSA) is 42.2 Å². The number of halogens is 1. The number of hydrogen-bond acceptors (Lipinski definition) is 3. The predicted molar refractivity (Wildman–Crippen MR) is 79.5 cm³/mol. The van der Waals surface area contributed by atoms with E-state index in [-0.39, 0.29) is 11.2 Å². The van der Waals surface area contributed by atoms with Crippen molar-refractivity contribution in [2.75, 3.05) is 5.32 Å². The molecule has 0 saturated carbocycles. The molecule has 0 radical (unpaired) electrons. The first-order chi connectivity index (χ1) is 9.16. The number of carbonyl (C=O) groups is 1. The summed E-state index contributed by atoms with van der Waals surface area (Å²) in [5.74, 6) is 1.47. The minimum Gasteiger partial charge on any atom is -0.468 e. The molecule has 1 amide bonds. The van der Waals surface area contributed by atoms with Crippen molar-refractivity contribution >= 4 is 35.0 Å². The van der Waals surface area contributed by atoms with Crippen LogP contribution in [0.3, 0.4) is 0 Å². The summed E-state index contributed by atoms with van der Waals surface area (Å²) < 4.78 is 5.23. The lowest BCUT2D eigenvalue weighted by molar-refractivity contribution is -0.115. The molecule has 1 aromatic heterocycles. The van der Waals surface area contributed by atoms with Gasteiger partial charge in [0.25, 0.3) is 0 Å². The van der Waals surface area contributed by atoms with E-state index in [1.54, 1.807) is 18.4 Å². The number of rotatable bonds is 5. The second-order valence-electron chi connectivity index (χ2n) is 4.00. The van der Waals surface area contributed by atoms with E-state index in [0.29, 0.717) is 16.5 Å². The van der Waals surface area contributed by atoms with Crippen LogP contribution in [-0.2, 0) is 10.5 Å². The highest BCUT2D eigenvalue weighted by Crippen LogP contribution is 2.23. The fourth-order valence-electron chi connectivity index (χ4n) is 1.47. The van der Waals surface area contributed by atoms with E-state index < -0.39 is 0 Å². The van der Waals surface area contributed by atoms with Gasteiger partial charge in [0.05, 0.1) is 28.0 Å². The highest BCUT2D eigenvalue weighted by atomic mass is 35.5. The molecule has 0 bridgehead atoms. The fourth-order valence-corrected chi connectivity index (χ4v) is 2.45. The predicted octanol–water partition coefficient (Wildman–Crippen LogP) is 4.19. The molecule has 2 rings (SSSR count). The van der Waals surface area contributed by atoms with E-state index in [0.717, 1.165) is 5.76 Å². The van der Waals surface area contributed by atoms with Crippen molar-refractivity contribution in [3.8, 4) is 0 Å². The van der Waals surface area contributed by atoms with Crippen molar-refractivity contribution in [1.82, 2.24) is 0 Å². The van der Waals surface area contributed by atoms with Crippen molar-refractivity contribution in [1.29, 1.82) is 0 Å². The molecule has 1 unspecified atom stereocenters. The molecule has 3 nitrogen and oxygen atoms in total. The molecule has 1 N–H and O–H groups in total. The normalized spacial score (nSPS) is 12.1. The highest BCUT2D eigenvalue weighted by Gasteiger charge is 2.15. The van der Waals surface area contributed by atoms with Crippen molar-refractivity contribution in [3.63, 3.8) is 0 Å². The lowest BCUT2D eigenvalue weighted by Gasteiger charge is -2.12. The maximum atomic E-state index is 12.0. The van der Waals surface area contributed by atoms with Crippen molar-refractivity contribution < 1.29 is 9.21 Å². The van der Waals surface area contributed by atoms with E-state index in [1.165, 1.54) is 11.8 Å². The van der Waals surface area contributed by atoms with Crippen LogP contribution in [0.25, 0.3) is 0 Å². The number of nitrogens with one attached hydrogen (secondary N) is 1. The van der Waals surface area contributed by atoms with E-state index in [9.17, 15) is 4.79 Å². The van der Waals surface area contributed by atoms with Gasteiger partial charge in [0.15, 0.2) is 0 Å². The lowest BCUT2D eigenvalue weighted by atomic mass is 10.3. The average molecular weight is 296 g/mol. The summed E-state index contributed by atoms with van der Waals surface area (Å²) in [6.07, 6.45) is 1.63. The number of furan rings is 1. The van der Waals surface area contributed by atoms with Crippen LogP contribution in [0, 0.1) is 0 Å². The minimum absolute atomic E-state index is 0.0651. The van der Waals surface area contributed by atoms with Crippen molar-refractivity contribution in [2.45, 2.75) is 17.9 Å². The molecule has 0 fully saturated rings. The average Bonchev–Trinajstić information content (AvgIpc) is 2.91. The molecule has 0 spiro atoms. The highest BCUT2D eigenvalue weighted by molar-refractivity contribution is 7.99. The first kappa shape index (κ1) is 14.0. The van der Waals surface area contributed by atoms with Gasteiger partial charge in [0, 0.05) is 0 Å². The SMILES string of the molecule is CC(SCc1ccco1)C(=O)Nc1ccccc1Cl. The Balaban J connectivity index is 1.87. The summed E-state index contributed by atoms with van der Waals surface area (Å²) >= 11 is 7.51. The Bertz CT molecular complexity index is 542. The number of benzene rings is 1. The zero-order valence-corrected chi connectivity index (χ0v) is 12.0. The Morgan fingerprint density at radius 2 is 2.16 bits per heavy atom. The van der Waals surface area contributed by atoms with Crippen LogP contribution in [0.1, 0.15) is 12.7 Å². The van der Waals surface area contributed by atoms with Crippen LogP contribution >= 0.6 is 23.4 Å². The molecule has 0 aliphatic carbocycles. The quantitative estimate of drug-likeness (QED) is 0.899. The van der Waals surface area contributed by atoms with Gasteiger partial charge in [0.1, 0.15) is 5.76 Å². The molecule has 2 aromatic rings. The summed E-state index contributed by atoms with van der Waals surface area (Å²) in [5.41, 5.74) is 0.639. The van der Waals surface area contributed by atoms with E-state index in [4.69, 9.17) is 16.0 Å². The molecule has 0 aliphatic heterocycles. The molecule has 1 atom stereocenters. The van der Waals surface area contributed by atoms with Gasteiger partial charge in [-0.05, 0) is 31.2 Å². The van der Waals surface area contributed by atoms with Gasteiger partial charge in [-0.2, -0.15) is 0 Å². The number of thioether (sulfide) groups is 1. The summed E-state index contributed by atoms with van der Waals surface area (Å²) in [4.78, 5) is 12.0. The molecule has 0 aliphatic rings. The van der Waals surface area contributed by atoms with Gasteiger partial charge in [-0.3, -0.25) is 4.79 Å². The number of hydrogen-bond donors (Lipinski definition) is 1. The minimum atomic E-state index is -0.179. The van der Waals surface area contributed by atoms with E-state index in [1.807, 2.05) is 31.2 Å². The first-order valence-electron chi connectivity index (χ1n) is 5.86. The number of anilines is 1. The van der Waals surface area contributed by atoms with Crippen LogP contribution in [0.15, 0.2) is 47.1 Å². The second kappa shape index (κ2) is 6.68. The number of para-hydroxylation sites is 1. The first-order valence-corrected chi connectivity index (χ1v) is 7.29. The Labute approximate surface area is 121 Å². The van der Waals surface area contributed by atoms with E-state index in [2.05, 4.69) is 5.32 Å².